The first kappa shape index (κ1) is 23.6. The van der Waals surface area contributed by atoms with Crippen LogP contribution in [-0.4, -0.2) is 37.9 Å². The van der Waals surface area contributed by atoms with Gasteiger partial charge in [0, 0.05) is 5.41 Å². The van der Waals surface area contributed by atoms with Gasteiger partial charge in [0.2, 0.25) is 10.0 Å². The van der Waals surface area contributed by atoms with Crippen LogP contribution in [0.1, 0.15) is 58.4 Å². The molecule has 31 heavy (non-hydrogen) atoms. The van der Waals surface area contributed by atoms with Crippen LogP contribution in [0.25, 0.3) is 6.08 Å². The van der Waals surface area contributed by atoms with Crippen LogP contribution in [0.5, 0.6) is 0 Å². The lowest BCUT2D eigenvalue weighted by atomic mass is 9.70. The smallest absolute Gasteiger partial charge is 0.321 e. The Morgan fingerprint density at radius 2 is 1.90 bits per heavy atom. The molecule has 2 unspecified atom stereocenters. The lowest BCUT2D eigenvalue weighted by molar-refractivity contribution is -0.139. The number of hydrogen-bond donors (Lipinski definition) is 3. The quantitative estimate of drug-likeness (QED) is 0.394. The molecule has 7 nitrogen and oxygen atoms in total. The summed E-state index contributed by atoms with van der Waals surface area (Å²) < 4.78 is 27.6. The molecule has 2 aliphatic carbocycles. The van der Waals surface area contributed by atoms with Crippen LogP contribution in [0.15, 0.2) is 34.7 Å². The first-order chi connectivity index (χ1) is 14.4. The number of carbonyl (C=O) groups is 2. The third kappa shape index (κ3) is 4.21. The molecule has 0 aromatic heterocycles. The zero-order valence-electron chi connectivity index (χ0n) is 18.3. The Morgan fingerprint density at radius 3 is 2.42 bits per heavy atom. The maximum atomic E-state index is 13.0. The van der Waals surface area contributed by atoms with E-state index < -0.39 is 22.0 Å². The van der Waals surface area contributed by atoms with Crippen LogP contribution in [0.4, 0.5) is 0 Å². The highest BCUT2D eigenvalue weighted by atomic mass is 32.2. The molecule has 8 heteroatoms. The number of carboxylic acid groups (broad SMARTS) is 1. The van der Waals surface area contributed by atoms with Gasteiger partial charge >= 0.3 is 5.97 Å². The first-order valence-electron chi connectivity index (χ1n) is 10.8. The van der Waals surface area contributed by atoms with E-state index >= 15 is 0 Å². The van der Waals surface area contributed by atoms with Crippen molar-refractivity contribution in [1.82, 2.24) is 4.72 Å². The number of aliphatic carboxylic acids is 1. The van der Waals surface area contributed by atoms with E-state index in [4.69, 9.17) is 5.73 Å². The average molecular weight is 449 g/mol. The van der Waals surface area contributed by atoms with Crippen molar-refractivity contribution in [2.45, 2.75) is 63.8 Å². The highest BCUT2D eigenvalue weighted by molar-refractivity contribution is 7.89. The number of allylic oxidation sites excluding steroid dienone is 1. The van der Waals surface area contributed by atoms with Crippen LogP contribution >= 0.6 is 0 Å². The van der Waals surface area contributed by atoms with Crippen LogP contribution in [0, 0.1) is 16.7 Å². The van der Waals surface area contributed by atoms with E-state index in [2.05, 4.69) is 18.6 Å². The zero-order valence-corrected chi connectivity index (χ0v) is 19.2. The van der Waals surface area contributed by atoms with E-state index in [0.29, 0.717) is 19.4 Å². The monoisotopic (exact) mass is 448 g/mol. The van der Waals surface area contributed by atoms with Gasteiger partial charge in [0.15, 0.2) is 5.78 Å². The van der Waals surface area contributed by atoms with Crippen molar-refractivity contribution in [3.05, 3.63) is 35.4 Å². The summed E-state index contributed by atoms with van der Waals surface area (Å²) >= 11 is 0. The van der Waals surface area contributed by atoms with E-state index in [1.807, 2.05) is 13.0 Å². The average Bonchev–Trinajstić information content (AvgIpc) is 3.01. The fourth-order valence-electron chi connectivity index (χ4n) is 5.00. The fraction of sp³-hybridized carbons (Fsp3) is 0.565. The number of unbranched alkanes of at least 4 members (excludes halogenated alkanes) is 1. The highest BCUT2D eigenvalue weighted by Crippen LogP contribution is 2.65. The normalized spacial score (nSPS) is 27.0. The third-order valence-electron chi connectivity index (χ3n) is 7.42. The summed E-state index contributed by atoms with van der Waals surface area (Å²) in [5.41, 5.74) is 6.57. The Kier molecular flexibility index (Phi) is 6.47. The molecular weight excluding hydrogens is 416 g/mol. The van der Waals surface area contributed by atoms with Crippen molar-refractivity contribution in [1.29, 1.82) is 0 Å². The van der Waals surface area contributed by atoms with Gasteiger partial charge in [-0.15, -0.1) is 0 Å². The summed E-state index contributed by atoms with van der Waals surface area (Å²) in [6, 6.07) is 4.99. The number of fused-ring (bicyclic) bond motifs is 2. The summed E-state index contributed by atoms with van der Waals surface area (Å²) in [7, 11) is -3.98. The molecule has 3 atom stereocenters. The van der Waals surface area contributed by atoms with Crippen molar-refractivity contribution in [3.63, 3.8) is 0 Å². The number of hydrogen-bond acceptors (Lipinski definition) is 5. The van der Waals surface area contributed by atoms with Gasteiger partial charge in [-0.25, -0.2) is 8.42 Å². The van der Waals surface area contributed by atoms with Crippen molar-refractivity contribution in [2.24, 2.45) is 22.5 Å². The minimum Gasteiger partial charge on any atom is -0.480 e. The summed E-state index contributed by atoms with van der Waals surface area (Å²) in [5.74, 6) is -0.818. The lowest BCUT2D eigenvalue weighted by Crippen LogP contribution is -2.40. The lowest BCUT2D eigenvalue weighted by Gasteiger charge is -2.31. The van der Waals surface area contributed by atoms with Crippen molar-refractivity contribution >= 4 is 27.9 Å². The number of benzene rings is 1. The number of nitrogens with two attached hydrogens (primary N) is 1. The third-order valence-corrected chi connectivity index (χ3v) is 8.91. The van der Waals surface area contributed by atoms with Crippen LogP contribution in [-0.2, 0) is 19.6 Å². The van der Waals surface area contributed by atoms with E-state index in [9.17, 15) is 23.1 Å². The molecule has 0 aliphatic heterocycles. The van der Waals surface area contributed by atoms with Gasteiger partial charge in [0.05, 0.1) is 4.90 Å². The maximum Gasteiger partial charge on any atom is 0.321 e. The molecule has 170 valence electrons. The van der Waals surface area contributed by atoms with Gasteiger partial charge in [-0.05, 0) is 72.9 Å². The van der Waals surface area contributed by atoms with Crippen molar-refractivity contribution in [3.8, 4) is 0 Å². The SMILES string of the molecule is CC12CCC(/C(=C\c3ccc(S(=O)(=O)N[C@@H](CCCCN)C(=O)O)cc3)C1=O)C2(C)C. The van der Waals surface area contributed by atoms with E-state index in [-0.39, 0.29) is 33.8 Å². The topological polar surface area (TPSA) is 127 Å². The van der Waals surface area contributed by atoms with Gasteiger partial charge in [-0.2, -0.15) is 4.72 Å². The molecule has 0 saturated heterocycles. The van der Waals surface area contributed by atoms with Gasteiger partial charge < -0.3 is 10.8 Å². The molecule has 4 N–H and O–H groups in total. The van der Waals surface area contributed by atoms with Gasteiger partial charge in [0.1, 0.15) is 6.04 Å². The second kappa shape index (κ2) is 8.48. The van der Waals surface area contributed by atoms with Crippen LogP contribution in [0.2, 0.25) is 0 Å². The second-order valence-corrected chi connectivity index (χ2v) is 11.2. The van der Waals surface area contributed by atoms with Gasteiger partial charge in [0.25, 0.3) is 0 Å². The molecule has 1 aromatic carbocycles. The van der Waals surface area contributed by atoms with Crippen molar-refractivity contribution in [2.75, 3.05) is 6.54 Å². The predicted molar refractivity (Wildman–Crippen MR) is 119 cm³/mol. The number of carboxylic acids is 1. The number of rotatable bonds is 9. The fourth-order valence-corrected chi connectivity index (χ4v) is 6.22. The van der Waals surface area contributed by atoms with Gasteiger partial charge in [-0.1, -0.05) is 39.3 Å². The summed E-state index contributed by atoms with van der Waals surface area (Å²) in [4.78, 5) is 24.4. The minimum atomic E-state index is -3.98. The summed E-state index contributed by atoms with van der Waals surface area (Å²) in [6.07, 6.45) is 5.08. The highest BCUT2D eigenvalue weighted by Gasteiger charge is 2.63. The molecule has 0 radical (unpaired) electrons. The van der Waals surface area contributed by atoms with E-state index in [0.717, 1.165) is 24.0 Å². The zero-order chi connectivity index (χ0) is 23.0. The Labute approximate surface area is 184 Å². The Morgan fingerprint density at radius 1 is 1.26 bits per heavy atom. The molecule has 3 rings (SSSR count). The Hall–Kier alpha value is -2.03. The van der Waals surface area contributed by atoms with E-state index in [1.165, 1.54) is 12.1 Å². The van der Waals surface area contributed by atoms with Gasteiger partial charge in [-0.3, -0.25) is 9.59 Å². The van der Waals surface area contributed by atoms with Crippen molar-refractivity contribution < 1.29 is 23.1 Å². The molecule has 0 heterocycles. The standard InChI is InChI=1S/C23H32N2O5S/c1-22(2)18-11-12-23(22,3)20(26)17(18)14-15-7-9-16(10-8-15)31(29,30)25-19(21(27)28)6-4-5-13-24/h7-10,14,18-19,25H,4-6,11-13,24H2,1-3H3,(H,27,28)/b17-14+/t18?,19-,23?/m0/s1. The first-order valence-corrected chi connectivity index (χ1v) is 12.2. The molecule has 1 aromatic rings. The summed E-state index contributed by atoms with van der Waals surface area (Å²) in [6.45, 7) is 6.77. The maximum absolute atomic E-state index is 13.0. The molecule has 2 aliphatic rings. The largest absolute Gasteiger partial charge is 0.480 e. The molecule has 0 amide bonds. The summed E-state index contributed by atoms with van der Waals surface area (Å²) in [5, 5.41) is 9.33. The number of ketones is 1. The Bertz CT molecular complexity index is 997. The minimum absolute atomic E-state index is 0.00807. The second-order valence-electron chi connectivity index (χ2n) is 9.44. The number of Topliss-reactive ketones (excluding diaryl/α,β-unsaturated/α-hetero) is 1. The number of sulfonamides is 1. The number of carbonyl (C=O) groups excluding carboxylic acids is 1. The Balaban J connectivity index is 1.78. The van der Waals surface area contributed by atoms with Crippen LogP contribution < -0.4 is 10.5 Å². The number of nitrogens with one attached hydrogen (secondary N) is 1. The molecule has 2 bridgehead atoms. The van der Waals surface area contributed by atoms with Crippen LogP contribution in [0.3, 0.4) is 0 Å². The molecular formula is C23H32N2O5S. The van der Waals surface area contributed by atoms with E-state index in [1.54, 1.807) is 12.1 Å². The molecule has 0 spiro atoms. The molecule has 2 fully saturated rings. The predicted octanol–water partition coefficient (Wildman–Crippen LogP) is 2.96. The molecule has 2 saturated carbocycles.